The molecule has 0 bridgehead atoms. The van der Waals surface area contributed by atoms with Gasteiger partial charge in [-0.2, -0.15) is 39.5 Å². The largest absolute Gasteiger partial charge is 0.433 e. The van der Waals surface area contributed by atoms with Crippen molar-refractivity contribution in [3.05, 3.63) is 53.2 Å². The van der Waals surface area contributed by atoms with Gasteiger partial charge in [-0.25, -0.2) is 4.98 Å². The molecule has 0 radical (unpaired) electrons. The SMILES string of the molecule is FC(F)(F)c1cccc(-c2ccc(C(F)(F)F)c(C(F)(F)F)n2)c1. The molecular weight excluding hydrogens is 353 g/mol. The lowest BCUT2D eigenvalue weighted by Crippen LogP contribution is -2.18. The van der Waals surface area contributed by atoms with E-state index in [1.54, 1.807) is 0 Å². The van der Waals surface area contributed by atoms with Crippen LogP contribution < -0.4 is 0 Å². The third-order valence-electron chi connectivity index (χ3n) is 2.95. The number of hydrogen-bond acceptors (Lipinski definition) is 1. The van der Waals surface area contributed by atoms with Gasteiger partial charge in [0.1, 0.15) is 0 Å². The Bertz CT molecular complexity index is 741. The molecule has 0 aliphatic carbocycles. The van der Waals surface area contributed by atoms with Crippen molar-refractivity contribution in [1.29, 1.82) is 0 Å². The summed E-state index contributed by atoms with van der Waals surface area (Å²) in [5.41, 5.74) is -6.41. The van der Waals surface area contributed by atoms with Crippen LogP contribution in [0.3, 0.4) is 0 Å². The fourth-order valence-corrected chi connectivity index (χ4v) is 1.92. The predicted molar refractivity (Wildman–Crippen MR) is 64.7 cm³/mol. The van der Waals surface area contributed by atoms with Crippen molar-refractivity contribution in [1.82, 2.24) is 4.98 Å². The molecule has 0 N–H and O–H groups in total. The van der Waals surface area contributed by atoms with E-state index < -0.39 is 41.0 Å². The molecule has 1 heterocycles. The quantitative estimate of drug-likeness (QED) is 0.586. The van der Waals surface area contributed by atoms with Crippen LogP contribution in [0, 0.1) is 0 Å². The first kappa shape index (κ1) is 18.1. The van der Waals surface area contributed by atoms with E-state index in [0.29, 0.717) is 18.2 Å². The summed E-state index contributed by atoms with van der Waals surface area (Å²) in [5.74, 6) is 0. The second kappa shape index (κ2) is 5.67. The van der Waals surface area contributed by atoms with Crippen LogP contribution in [0.1, 0.15) is 16.8 Å². The molecule has 0 fully saturated rings. The highest BCUT2D eigenvalue weighted by molar-refractivity contribution is 5.61. The molecule has 1 aromatic heterocycles. The van der Waals surface area contributed by atoms with Gasteiger partial charge in [0.25, 0.3) is 0 Å². The summed E-state index contributed by atoms with van der Waals surface area (Å²) in [5, 5.41) is 0. The molecule has 0 saturated heterocycles. The zero-order valence-corrected chi connectivity index (χ0v) is 11.3. The van der Waals surface area contributed by atoms with E-state index in [-0.39, 0.29) is 11.6 Å². The van der Waals surface area contributed by atoms with Crippen LogP contribution in [-0.2, 0) is 18.5 Å². The molecule has 0 atom stereocenters. The second-order valence-electron chi connectivity index (χ2n) is 4.67. The monoisotopic (exact) mass is 359 g/mol. The van der Waals surface area contributed by atoms with Crippen LogP contribution in [-0.4, -0.2) is 4.98 Å². The van der Waals surface area contributed by atoms with Crippen LogP contribution in [0.2, 0.25) is 0 Å². The van der Waals surface area contributed by atoms with Crippen molar-refractivity contribution in [2.45, 2.75) is 18.5 Å². The Balaban J connectivity index is 2.62. The van der Waals surface area contributed by atoms with E-state index in [2.05, 4.69) is 4.98 Å². The average Bonchev–Trinajstić information content (AvgIpc) is 2.44. The van der Waals surface area contributed by atoms with Crippen LogP contribution in [0.4, 0.5) is 39.5 Å². The van der Waals surface area contributed by atoms with Crippen LogP contribution >= 0.6 is 0 Å². The molecule has 0 aliphatic rings. The first-order valence-corrected chi connectivity index (χ1v) is 6.13. The Hall–Kier alpha value is -2.26. The molecular formula is C14H6F9N. The Morgan fingerprint density at radius 2 is 1.29 bits per heavy atom. The number of nitrogens with zero attached hydrogens (tertiary/aromatic N) is 1. The topological polar surface area (TPSA) is 12.9 Å². The first-order valence-electron chi connectivity index (χ1n) is 6.13. The molecule has 0 spiro atoms. The van der Waals surface area contributed by atoms with E-state index in [1.807, 2.05) is 0 Å². The Morgan fingerprint density at radius 3 is 1.79 bits per heavy atom. The van der Waals surface area contributed by atoms with Crippen molar-refractivity contribution in [2.75, 3.05) is 0 Å². The van der Waals surface area contributed by atoms with Gasteiger partial charge < -0.3 is 0 Å². The second-order valence-corrected chi connectivity index (χ2v) is 4.67. The van der Waals surface area contributed by atoms with E-state index >= 15 is 0 Å². The van der Waals surface area contributed by atoms with Gasteiger partial charge in [0.05, 0.1) is 16.8 Å². The van der Waals surface area contributed by atoms with Gasteiger partial charge in [0.15, 0.2) is 5.69 Å². The van der Waals surface area contributed by atoms with Gasteiger partial charge in [-0.15, -0.1) is 0 Å². The number of rotatable bonds is 1. The first-order chi connectivity index (χ1) is 10.8. The maximum atomic E-state index is 12.8. The van der Waals surface area contributed by atoms with Gasteiger partial charge in [0, 0.05) is 5.56 Å². The predicted octanol–water partition coefficient (Wildman–Crippen LogP) is 5.81. The molecule has 10 heteroatoms. The summed E-state index contributed by atoms with van der Waals surface area (Å²) in [6, 6.07) is 3.86. The lowest BCUT2D eigenvalue weighted by atomic mass is 10.0. The molecule has 1 aromatic carbocycles. The van der Waals surface area contributed by atoms with Gasteiger partial charge in [-0.05, 0) is 24.3 Å². The van der Waals surface area contributed by atoms with Gasteiger partial charge in [-0.3, -0.25) is 0 Å². The minimum atomic E-state index is -5.41. The van der Waals surface area contributed by atoms with Crippen LogP contribution in [0.5, 0.6) is 0 Å². The Morgan fingerprint density at radius 1 is 0.667 bits per heavy atom. The number of halogens is 9. The van der Waals surface area contributed by atoms with Crippen molar-refractivity contribution in [3.8, 4) is 11.3 Å². The lowest BCUT2D eigenvalue weighted by molar-refractivity contribution is -0.164. The van der Waals surface area contributed by atoms with Crippen molar-refractivity contribution < 1.29 is 39.5 Å². The molecule has 0 saturated carbocycles. The highest BCUT2D eigenvalue weighted by atomic mass is 19.4. The normalized spacial score (nSPS) is 13.2. The zero-order valence-electron chi connectivity index (χ0n) is 11.3. The van der Waals surface area contributed by atoms with Crippen molar-refractivity contribution >= 4 is 0 Å². The fourth-order valence-electron chi connectivity index (χ4n) is 1.92. The van der Waals surface area contributed by atoms with Gasteiger partial charge in [0.2, 0.25) is 0 Å². The zero-order chi connectivity index (χ0) is 18.3. The summed E-state index contributed by atoms with van der Waals surface area (Å²) in [7, 11) is 0. The summed E-state index contributed by atoms with van der Waals surface area (Å²) in [4.78, 5) is 2.89. The minimum absolute atomic E-state index is 0.144. The maximum absolute atomic E-state index is 12.8. The number of benzene rings is 1. The summed E-state index contributed by atoms with van der Waals surface area (Å²) >= 11 is 0. The molecule has 1 nitrogen and oxygen atoms in total. The van der Waals surface area contributed by atoms with E-state index in [1.165, 1.54) is 0 Å². The smallest absolute Gasteiger partial charge is 0.243 e. The van der Waals surface area contributed by atoms with E-state index in [9.17, 15) is 39.5 Å². The molecule has 0 amide bonds. The molecule has 2 rings (SSSR count). The molecule has 2 aromatic rings. The minimum Gasteiger partial charge on any atom is -0.243 e. The third kappa shape index (κ3) is 3.80. The lowest BCUT2D eigenvalue weighted by Gasteiger charge is -2.16. The van der Waals surface area contributed by atoms with E-state index in [0.717, 1.165) is 12.1 Å². The number of hydrogen-bond donors (Lipinski definition) is 0. The molecule has 0 aliphatic heterocycles. The van der Waals surface area contributed by atoms with Crippen LogP contribution in [0.25, 0.3) is 11.3 Å². The number of aromatic nitrogens is 1. The maximum Gasteiger partial charge on any atom is 0.433 e. The van der Waals surface area contributed by atoms with Crippen molar-refractivity contribution in [2.24, 2.45) is 0 Å². The molecule has 0 unspecified atom stereocenters. The fraction of sp³-hybridized carbons (Fsp3) is 0.214. The van der Waals surface area contributed by atoms with Crippen LogP contribution in [0.15, 0.2) is 36.4 Å². The van der Waals surface area contributed by atoms with Crippen molar-refractivity contribution in [3.63, 3.8) is 0 Å². The standard InChI is InChI=1S/C14H6F9N/c15-12(16,17)8-3-1-2-7(6-8)10-5-4-9(13(18,19)20)11(24-10)14(21,22)23/h1-6H. The highest BCUT2D eigenvalue weighted by Gasteiger charge is 2.44. The Kier molecular flexibility index (Phi) is 4.28. The molecule has 24 heavy (non-hydrogen) atoms. The molecule has 130 valence electrons. The van der Waals surface area contributed by atoms with Gasteiger partial charge >= 0.3 is 18.5 Å². The summed E-state index contributed by atoms with van der Waals surface area (Å²) < 4.78 is 114. The summed E-state index contributed by atoms with van der Waals surface area (Å²) in [6.07, 6.45) is -15.5. The summed E-state index contributed by atoms with van der Waals surface area (Å²) in [6.45, 7) is 0. The average molecular weight is 359 g/mol. The van der Waals surface area contributed by atoms with Gasteiger partial charge in [-0.1, -0.05) is 12.1 Å². The Labute approximate surface area is 128 Å². The third-order valence-corrected chi connectivity index (χ3v) is 2.95. The highest BCUT2D eigenvalue weighted by Crippen LogP contribution is 2.40. The number of alkyl halides is 9. The van der Waals surface area contributed by atoms with E-state index in [4.69, 9.17) is 0 Å². The number of pyridine rings is 1.